The number of carbonyl (C=O) groups is 1. The first-order chi connectivity index (χ1) is 12.2. The van der Waals surface area contributed by atoms with Crippen LogP contribution in [0.5, 0.6) is 5.75 Å². The molecule has 1 amide bonds. The van der Waals surface area contributed by atoms with Gasteiger partial charge in [-0.05, 0) is 49.2 Å². The Kier molecular flexibility index (Phi) is 5.80. The molecule has 0 spiro atoms. The van der Waals surface area contributed by atoms with Gasteiger partial charge in [-0.15, -0.1) is 11.3 Å². The van der Waals surface area contributed by atoms with E-state index in [9.17, 15) is 4.79 Å². The fraction of sp³-hybridized carbons (Fsp3) is 0.200. The highest BCUT2D eigenvalue weighted by atomic mass is 32.1. The van der Waals surface area contributed by atoms with Crippen molar-refractivity contribution in [1.29, 1.82) is 0 Å². The average Bonchev–Trinajstić information content (AvgIpc) is 3.07. The molecule has 3 aromatic rings. The predicted molar refractivity (Wildman–Crippen MR) is 103 cm³/mol. The number of ether oxygens (including phenoxy) is 1. The van der Waals surface area contributed by atoms with Crippen LogP contribution in [-0.2, 0) is 11.2 Å². The zero-order valence-electron chi connectivity index (χ0n) is 14.1. The van der Waals surface area contributed by atoms with Gasteiger partial charge in [0, 0.05) is 5.69 Å². The van der Waals surface area contributed by atoms with E-state index in [1.165, 1.54) is 0 Å². The second-order valence-electron chi connectivity index (χ2n) is 5.61. The molecule has 0 aliphatic heterocycles. The van der Waals surface area contributed by atoms with Crippen molar-refractivity contribution in [2.75, 3.05) is 11.9 Å². The summed E-state index contributed by atoms with van der Waals surface area (Å²) in [6.45, 7) is 2.63. The SMILES string of the molecule is CC=CCCOc1cccc(CC(=O)Nc2ccc3ncsc3c2)c1. The Hall–Kier alpha value is -2.66. The van der Waals surface area contributed by atoms with Crippen LogP contribution in [0.3, 0.4) is 0 Å². The zero-order chi connectivity index (χ0) is 17.5. The van der Waals surface area contributed by atoms with Crippen molar-refractivity contribution < 1.29 is 9.53 Å². The van der Waals surface area contributed by atoms with E-state index in [0.717, 1.165) is 33.6 Å². The second-order valence-corrected chi connectivity index (χ2v) is 6.50. The number of nitrogens with one attached hydrogen (secondary N) is 1. The predicted octanol–water partition coefficient (Wildman–Crippen LogP) is 4.82. The zero-order valence-corrected chi connectivity index (χ0v) is 14.9. The molecule has 0 aliphatic rings. The number of allylic oxidation sites excluding steroid dienone is 1. The van der Waals surface area contributed by atoms with Gasteiger partial charge in [-0.1, -0.05) is 24.3 Å². The first kappa shape index (κ1) is 17.2. The van der Waals surface area contributed by atoms with E-state index in [4.69, 9.17) is 4.74 Å². The minimum atomic E-state index is -0.0464. The van der Waals surface area contributed by atoms with Gasteiger partial charge >= 0.3 is 0 Å². The van der Waals surface area contributed by atoms with Crippen LogP contribution in [0.2, 0.25) is 0 Å². The summed E-state index contributed by atoms with van der Waals surface area (Å²) in [6.07, 6.45) is 5.26. The van der Waals surface area contributed by atoms with Gasteiger partial charge in [0.1, 0.15) is 5.75 Å². The molecule has 128 valence electrons. The van der Waals surface area contributed by atoms with E-state index in [2.05, 4.69) is 16.4 Å². The normalized spacial score (nSPS) is 11.1. The van der Waals surface area contributed by atoms with Crippen LogP contribution in [-0.4, -0.2) is 17.5 Å². The smallest absolute Gasteiger partial charge is 0.228 e. The fourth-order valence-corrected chi connectivity index (χ4v) is 3.20. The first-order valence-electron chi connectivity index (χ1n) is 8.20. The molecular weight excluding hydrogens is 332 g/mol. The summed E-state index contributed by atoms with van der Waals surface area (Å²) in [5.41, 5.74) is 4.48. The van der Waals surface area contributed by atoms with Crippen LogP contribution in [0.15, 0.2) is 60.1 Å². The van der Waals surface area contributed by atoms with Crippen LogP contribution in [0.25, 0.3) is 10.2 Å². The van der Waals surface area contributed by atoms with Crippen LogP contribution in [0.4, 0.5) is 5.69 Å². The van der Waals surface area contributed by atoms with Crippen LogP contribution in [0.1, 0.15) is 18.9 Å². The van der Waals surface area contributed by atoms with Gasteiger partial charge in [0.2, 0.25) is 5.91 Å². The molecule has 0 unspecified atom stereocenters. The Bertz CT molecular complexity index is 886. The number of carbonyl (C=O) groups excluding carboxylic acids is 1. The minimum Gasteiger partial charge on any atom is -0.493 e. The average molecular weight is 352 g/mol. The lowest BCUT2D eigenvalue weighted by Gasteiger charge is -2.08. The van der Waals surface area contributed by atoms with Gasteiger partial charge in [-0.25, -0.2) is 4.98 Å². The van der Waals surface area contributed by atoms with Crippen molar-refractivity contribution in [2.45, 2.75) is 19.8 Å². The van der Waals surface area contributed by atoms with Gasteiger partial charge in [0.15, 0.2) is 0 Å². The van der Waals surface area contributed by atoms with E-state index in [1.54, 1.807) is 16.8 Å². The van der Waals surface area contributed by atoms with E-state index >= 15 is 0 Å². The molecule has 1 N–H and O–H groups in total. The number of aromatic nitrogens is 1. The number of fused-ring (bicyclic) bond motifs is 1. The summed E-state index contributed by atoms with van der Waals surface area (Å²) in [7, 11) is 0. The minimum absolute atomic E-state index is 0.0464. The molecule has 5 heteroatoms. The Labute approximate surface area is 151 Å². The summed E-state index contributed by atoms with van der Waals surface area (Å²) in [6, 6.07) is 13.4. The van der Waals surface area contributed by atoms with Gasteiger partial charge in [-0.3, -0.25) is 4.79 Å². The van der Waals surface area contributed by atoms with Gasteiger partial charge in [0.25, 0.3) is 0 Å². The monoisotopic (exact) mass is 352 g/mol. The van der Waals surface area contributed by atoms with E-state index in [0.29, 0.717) is 13.0 Å². The lowest BCUT2D eigenvalue weighted by molar-refractivity contribution is -0.115. The Morgan fingerprint density at radius 2 is 2.20 bits per heavy atom. The summed E-state index contributed by atoms with van der Waals surface area (Å²) >= 11 is 1.56. The first-order valence-corrected chi connectivity index (χ1v) is 9.08. The highest BCUT2D eigenvalue weighted by Gasteiger charge is 2.07. The van der Waals surface area contributed by atoms with E-state index in [-0.39, 0.29) is 5.91 Å². The molecule has 0 saturated carbocycles. The van der Waals surface area contributed by atoms with Gasteiger partial charge in [0.05, 0.1) is 28.8 Å². The number of benzene rings is 2. The molecule has 1 aromatic heterocycles. The third-order valence-electron chi connectivity index (χ3n) is 3.67. The fourth-order valence-electron chi connectivity index (χ4n) is 2.48. The quantitative estimate of drug-likeness (QED) is 0.490. The van der Waals surface area contributed by atoms with Crippen molar-refractivity contribution in [2.24, 2.45) is 0 Å². The number of thiazole rings is 1. The van der Waals surface area contributed by atoms with Gasteiger partial charge < -0.3 is 10.1 Å². The maximum Gasteiger partial charge on any atom is 0.228 e. The van der Waals surface area contributed by atoms with E-state index < -0.39 is 0 Å². The number of amides is 1. The molecule has 2 aromatic carbocycles. The Morgan fingerprint density at radius 3 is 3.08 bits per heavy atom. The maximum absolute atomic E-state index is 12.3. The molecule has 0 radical (unpaired) electrons. The molecule has 0 fully saturated rings. The number of anilines is 1. The number of hydrogen-bond donors (Lipinski definition) is 1. The molecule has 1 heterocycles. The standard InChI is InChI=1S/C20H20N2O2S/c1-2-3-4-10-24-17-7-5-6-15(11-17)12-20(23)22-16-8-9-18-19(13-16)25-14-21-18/h2-3,5-9,11,13-14H,4,10,12H2,1H3,(H,22,23). The molecule has 4 nitrogen and oxygen atoms in total. The highest BCUT2D eigenvalue weighted by Crippen LogP contribution is 2.22. The van der Waals surface area contributed by atoms with Crippen LogP contribution < -0.4 is 10.1 Å². The van der Waals surface area contributed by atoms with E-state index in [1.807, 2.05) is 55.5 Å². The van der Waals surface area contributed by atoms with Crippen molar-refractivity contribution in [3.05, 3.63) is 65.7 Å². The van der Waals surface area contributed by atoms with Crippen molar-refractivity contribution >= 4 is 33.1 Å². The second kappa shape index (κ2) is 8.44. The number of nitrogens with zero attached hydrogens (tertiary/aromatic N) is 1. The largest absolute Gasteiger partial charge is 0.493 e. The van der Waals surface area contributed by atoms with Crippen molar-refractivity contribution in [3.8, 4) is 5.75 Å². The third-order valence-corrected chi connectivity index (χ3v) is 4.46. The van der Waals surface area contributed by atoms with Crippen LogP contribution >= 0.6 is 11.3 Å². The lowest BCUT2D eigenvalue weighted by Crippen LogP contribution is -2.14. The molecular formula is C20H20N2O2S. The molecule has 0 bridgehead atoms. The topological polar surface area (TPSA) is 51.2 Å². The summed E-state index contributed by atoms with van der Waals surface area (Å²) in [4.78, 5) is 16.5. The third kappa shape index (κ3) is 4.90. The Morgan fingerprint density at radius 1 is 1.28 bits per heavy atom. The van der Waals surface area contributed by atoms with Crippen molar-refractivity contribution in [3.63, 3.8) is 0 Å². The molecule has 0 aliphatic carbocycles. The highest BCUT2D eigenvalue weighted by molar-refractivity contribution is 7.16. The van der Waals surface area contributed by atoms with Crippen LogP contribution in [0, 0.1) is 0 Å². The Balaban J connectivity index is 1.58. The maximum atomic E-state index is 12.3. The lowest BCUT2D eigenvalue weighted by atomic mass is 10.1. The summed E-state index contributed by atoms with van der Waals surface area (Å²) in [5.74, 6) is 0.746. The summed E-state index contributed by atoms with van der Waals surface area (Å²) < 4.78 is 6.76. The molecule has 0 saturated heterocycles. The molecule has 0 atom stereocenters. The number of hydrogen-bond acceptors (Lipinski definition) is 4. The molecule has 3 rings (SSSR count). The number of rotatable bonds is 7. The van der Waals surface area contributed by atoms with Crippen molar-refractivity contribution in [1.82, 2.24) is 4.98 Å². The molecule has 25 heavy (non-hydrogen) atoms. The van der Waals surface area contributed by atoms with Gasteiger partial charge in [-0.2, -0.15) is 0 Å². The summed E-state index contributed by atoms with van der Waals surface area (Å²) in [5, 5.41) is 2.94.